The number of methoxy groups -OCH3 is 3. The van der Waals surface area contributed by atoms with Crippen LogP contribution in [0.4, 0.5) is 5.69 Å². The van der Waals surface area contributed by atoms with E-state index >= 15 is 0 Å². The van der Waals surface area contributed by atoms with Crippen LogP contribution in [0.5, 0.6) is 11.5 Å². The molecule has 0 saturated carbocycles. The smallest absolute Gasteiger partial charge is 0.345 e. The van der Waals surface area contributed by atoms with E-state index in [1.165, 1.54) is 7.11 Å². The van der Waals surface area contributed by atoms with Crippen LogP contribution in [0.15, 0.2) is 132 Å². The minimum absolute atomic E-state index is 0.119. The molecule has 0 bridgehead atoms. The zero-order chi connectivity index (χ0) is 32.1. The average Bonchev–Trinajstić information content (AvgIpc) is 3.11. The van der Waals surface area contributed by atoms with E-state index in [9.17, 15) is 4.79 Å². The van der Waals surface area contributed by atoms with Gasteiger partial charge >= 0.3 is 5.97 Å². The van der Waals surface area contributed by atoms with Gasteiger partial charge in [-0.15, -0.1) is 0 Å². The number of rotatable bonds is 11. The zero-order valence-corrected chi connectivity index (χ0v) is 27.4. The van der Waals surface area contributed by atoms with Crippen molar-refractivity contribution >= 4 is 49.1 Å². The van der Waals surface area contributed by atoms with Gasteiger partial charge in [0.15, 0.2) is 0 Å². The summed E-state index contributed by atoms with van der Waals surface area (Å²) in [4.78, 5) is 14.5. The van der Waals surface area contributed by atoms with E-state index in [2.05, 4.69) is 51.6 Å². The fourth-order valence-electron chi connectivity index (χ4n) is 6.03. The molecule has 1 N–H and O–H groups in total. The molecule has 6 aromatic rings. The number of anilines is 1. The van der Waals surface area contributed by atoms with Gasteiger partial charge in [-0.1, -0.05) is 94.8 Å². The number of halogens is 1. The van der Waals surface area contributed by atoms with Crippen LogP contribution in [0.3, 0.4) is 0 Å². The van der Waals surface area contributed by atoms with Crippen LogP contribution in [0.1, 0.15) is 22.7 Å². The standard InChI is InChI=1S/C39H34BrNO5/c1-43-30-20-16-28(17-21-30)39(38(42)45-3,37(34-14-8-9-15-36(34)40)41-29-18-22-31(44-2)23-19-29)46-25-35-32-12-6-4-10-26(32)24-27-11-5-7-13-33(27)35/h4-24,37,41H,25H2,1-3H3/t37-,39-/m0/s1. The highest BCUT2D eigenvalue weighted by atomic mass is 79.9. The number of esters is 1. The van der Waals surface area contributed by atoms with Gasteiger partial charge in [0.1, 0.15) is 11.5 Å². The van der Waals surface area contributed by atoms with E-state index in [0.29, 0.717) is 11.3 Å². The highest BCUT2D eigenvalue weighted by Gasteiger charge is 2.51. The molecule has 6 aromatic carbocycles. The number of carbonyl (C=O) groups excluding carboxylic acids is 1. The van der Waals surface area contributed by atoms with Crippen molar-refractivity contribution in [2.75, 3.05) is 26.6 Å². The topological polar surface area (TPSA) is 66.0 Å². The van der Waals surface area contributed by atoms with Crippen molar-refractivity contribution in [2.24, 2.45) is 0 Å². The molecular weight excluding hydrogens is 642 g/mol. The molecule has 0 aromatic heterocycles. The third kappa shape index (κ3) is 5.91. The van der Waals surface area contributed by atoms with Crippen LogP contribution < -0.4 is 14.8 Å². The highest BCUT2D eigenvalue weighted by molar-refractivity contribution is 9.10. The SMILES string of the molecule is COC(=O)[C@](OCc1c2ccccc2cc2ccccc12)(c1ccc(OC)cc1)[C@@H](Nc1ccc(OC)cc1)c1ccccc1Br. The van der Waals surface area contributed by atoms with Crippen molar-refractivity contribution in [3.63, 3.8) is 0 Å². The summed E-state index contributed by atoms with van der Waals surface area (Å²) in [6.07, 6.45) is 0. The molecule has 232 valence electrons. The Morgan fingerprint density at radius 3 is 1.83 bits per heavy atom. The fraction of sp³-hybridized carbons (Fsp3) is 0.154. The normalized spacial score (nSPS) is 13.1. The molecule has 0 radical (unpaired) electrons. The lowest BCUT2D eigenvalue weighted by Crippen LogP contribution is -2.48. The van der Waals surface area contributed by atoms with Gasteiger partial charge in [-0.3, -0.25) is 0 Å². The van der Waals surface area contributed by atoms with Gasteiger partial charge in [-0.05, 0) is 86.8 Å². The van der Waals surface area contributed by atoms with Crippen molar-refractivity contribution in [1.29, 1.82) is 0 Å². The van der Waals surface area contributed by atoms with Crippen LogP contribution in [0, 0.1) is 0 Å². The van der Waals surface area contributed by atoms with Gasteiger partial charge in [0.05, 0.1) is 34.0 Å². The first-order valence-electron chi connectivity index (χ1n) is 14.9. The zero-order valence-electron chi connectivity index (χ0n) is 25.8. The number of fused-ring (bicyclic) bond motifs is 2. The summed E-state index contributed by atoms with van der Waals surface area (Å²) >= 11 is 3.77. The number of benzene rings is 6. The number of carbonyl (C=O) groups is 1. The first-order chi connectivity index (χ1) is 22.5. The van der Waals surface area contributed by atoms with Crippen molar-refractivity contribution in [3.8, 4) is 11.5 Å². The van der Waals surface area contributed by atoms with Crippen LogP contribution in [-0.4, -0.2) is 27.3 Å². The quantitative estimate of drug-likeness (QED) is 0.109. The molecule has 0 spiro atoms. The molecule has 0 unspecified atom stereocenters. The number of nitrogens with one attached hydrogen (secondary N) is 1. The largest absolute Gasteiger partial charge is 0.497 e. The van der Waals surface area contributed by atoms with E-state index < -0.39 is 17.6 Å². The van der Waals surface area contributed by atoms with E-state index in [1.54, 1.807) is 14.2 Å². The van der Waals surface area contributed by atoms with Crippen molar-refractivity contribution < 1.29 is 23.7 Å². The predicted octanol–water partition coefficient (Wildman–Crippen LogP) is 9.21. The molecule has 0 fully saturated rings. The summed E-state index contributed by atoms with van der Waals surface area (Å²) in [7, 11) is 4.63. The Bertz CT molecular complexity index is 1920. The Balaban J connectivity index is 1.59. The van der Waals surface area contributed by atoms with Gasteiger partial charge in [0, 0.05) is 10.2 Å². The van der Waals surface area contributed by atoms with Gasteiger partial charge in [-0.2, -0.15) is 0 Å². The summed E-state index contributed by atoms with van der Waals surface area (Å²) in [6, 6.07) is 40.6. The predicted molar refractivity (Wildman–Crippen MR) is 186 cm³/mol. The van der Waals surface area contributed by atoms with Gasteiger partial charge in [0.25, 0.3) is 0 Å². The first-order valence-corrected chi connectivity index (χ1v) is 15.7. The van der Waals surface area contributed by atoms with Crippen LogP contribution in [0.2, 0.25) is 0 Å². The van der Waals surface area contributed by atoms with Crippen LogP contribution in [-0.2, 0) is 26.5 Å². The molecule has 2 atom stereocenters. The van der Waals surface area contributed by atoms with E-state index in [-0.39, 0.29) is 6.61 Å². The Morgan fingerprint density at radius 1 is 0.717 bits per heavy atom. The molecule has 6 rings (SSSR count). The fourth-order valence-corrected chi connectivity index (χ4v) is 6.54. The van der Waals surface area contributed by atoms with Gasteiger partial charge < -0.3 is 24.3 Å². The lowest BCUT2D eigenvalue weighted by molar-refractivity contribution is -0.177. The molecular formula is C39H34BrNO5. The van der Waals surface area contributed by atoms with Crippen LogP contribution in [0.25, 0.3) is 21.5 Å². The molecule has 0 heterocycles. The molecule has 0 aliphatic carbocycles. The number of hydrogen-bond acceptors (Lipinski definition) is 6. The maximum Gasteiger partial charge on any atom is 0.345 e. The molecule has 0 amide bonds. The Kier molecular flexibility index (Phi) is 9.24. The van der Waals surface area contributed by atoms with Crippen molar-refractivity contribution in [2.45, 2.75) is 18.2 Å². The Hall–Kier alpha value is -4.85. The van der Waals surface area contributed by atoms with Gasteiger partial charge in [-0.25, -0.2) is 4.79 Å². The summed E-state index contributed by atoms with van der Waals surface area (Å²) in [5.74, 6) is 0.823. The number of hydrogen-bond donors (Lipinski definition) is 1. The summed E-state index contributed by atoms with van der Waals surface area (Å²) in [6.45, 7) is 0.119. The second kappa shape index (κ2) is 13.6. The summed E-state index contributed by atoms with van der Waals surface area (Å²) in [5, 5.41) is 7.92. The second-order valence-corrected chi connectivity index (χ2v) is 11.7. The lowest BCUT2D eigenvalue weighted by atomic mass is 9.81. The van der Waals surface area contributed by atoms with E-state index in [0.717, 1.165) is 48.6 Å². The monoisotopic (exact) mass is 675 g/mol. The molecule has 0 aliphatic rings. The lowest BCUT2D eigenvalue weighted by Gasteiger charge is -2.40. The minimum Gasteiger partial charge on any atom is -0.497 e. The molecule has 0 saturated heterocycles. The second-order valence-electron chi connectivity index (χ2n) is 10.9. The summed E-state index contributed by atoms with van der Waals surface area (Å²) in [5.41, 5.74) is 1.49. The first kappa shape index (κ1) is 31.1. The maximum absolute atomic E-state index is 14.5. The van der Waals surface area contributed by atoms with Crippen molar-refractivity contribution in [1.82, 2.24) is 0 Å². The van der Waals surface area contributed by atoms with Crippen LogP contribution >= 0.6 is 15.9 Å². The third-order valence-corrected chi connectivity index (χ3v) is 9.08. The average molecular weight is 677 g/mol. The van der Waals surface area contributed by atoms with E-state index in [4.69, 9.17) is 18.9 Å². The third-order valence-electron chi connectivity index (χ3n) is 8.36. The number of ether oxygens (including phenoxy) is 4. The van der Waals surface area contributed by atoms with E-state index in [1.807, 2.05) is 97.1 Å². The Morgan fingerprint density at radius 2 is 1.26 bits per heavy atom. The highest BCUT2D eigenvalue weighted by Crippen LogP contribution is 2.46. The maximum atomic E-state index is 14.5. The van der Waals surface area contributed by atoms with Crippen molar-refractivity contribution in [3.05, 3.63) is 149 Å². The molecule has 7 heteroatoms. The summed E-state index contributed by atoms with van der Waals surface area (Å²) < 4.78 is 24.4. The van der Waals surface area contributed by atoms with Gasteiger partial charge in [0.2, 0.25) is 5.60 Å². The Labute approximate surface area is 277 Å². The molecule has 6 nitrogen and oxygen atoms in total. The molecule has 46 heavy (non-hydrogen) atoms. The molecule has 0 aliphatic heterocycles. The minimum atomic E-state index is -1.66.